The molecule has 1 rings (SSSR count). The minimum atomic E-state index is -0.649. The van der Waals surface area contributed by atoms with Crippen LogP contribution in [0.2, 0.25) is 0 Å². The van der Waals surface area contributed by atoms with E-state index in [1.165, 1.54) is 6.92 Å². The van der Waals surface area contributed by atoms with Crippen molar-refractivity contribution < 1.29 is 28.6 Å². The lowest BCUT2D eigenvalue weighted by molar-refractivity contribution is -0.179. The average Bonchev–Trinajstić information content (AvgIpc) is 2.49. The van der Waals surface area contributed by atoms with Gasteiger partial charge in [-0.3, -0.25) is 4.79 Å². The van der Waals surface area contributed by atoms with Crippen LogP contribution < -0.4 is 0 Å². The zero-order chi connectivity index (χ0) is 17.6. The van der Waals surface area contributed by atoms with Gasteiger partial charge in [0.1, 0.15) is 12.2 Å². The molecule has 0 aromatic carbocycles. The summed E-state index contributed by atoms with van der Waals surface area (Å²) in [6, 6.07) is 0. The molecule has 1 aliphatic carbocycles. The van der Waals surface area contributed by atoms with E-state index in [0.29, 0.717) is 24.7 Å². The molecule has 0 bridgehead atoms. The Balaban J connectivity index is 2.61. The van der Waals surface area contributed by atoms with Crippen LogP contribution in [0.5, 0.6) is 0 Å². The van der Waals surface area contributed by atoms with Gasteiger partial charge in [0.15, 0.2) is 6.61 Å². The molecule has 130 valence electrons. The molecule has 0 saturated heterocycles. The zero-order valence-corrected chi connectivity index (χ0v) is 14.3. The normalized spacial score (nSPS) is 27.0. The van der Waals surface area contributed by atoms with E-state index >= 15 is 0 Å². The summed E-state index contributed by atoms with van der Waals surface area (Å²) in [7, 11) is 0. The molecule has 0 aromatic rings. The lowest BCUT2D eigenvalue weighted by Gasteiger charge is -2.37. The maximum Gasteiger partial charge on any atom is 0.344 e. The summed E-state index contributed by atoms with van der Waals surface area (Å²) in [5.41, 5.74) is 0.215. The summed E-state index contributed by atoms with van der Waals surface area (Å²) in [6.45, 7) is 10.3. The fraction of sp³-hybridized carbons (Fsp3) is 0.706. The second-order valence-corrected chi connectivity index (χ2v) is 6.19. The number of esters is 3. The van der Waals surface area contributed by atoms with Crippen LogP contribution in [-0.2, 0) is 28.6 Å². The van der Waals surface area contributed by atoms with Gasteiger partial charge >= 0.3 is 17.9 Å². The van der Waals surface area contributed by atoms with Gasteiger partial charge in [-0.15, -0.1) is 0 Å². The molecule has 1 saturated carbocycles. The number of hydrogen-bond acceptors (Lipinski definition) is 6. The highest BCUT2D eigenvalue weighted by Gasteiger charge is 2.37. The van der Waals surface area contributed by atoms with Crippen LogP contribution in [0.4, 0.5) is 0 Å². The molecular weight excluding hydrogens is 300 g/mol. The highest BCUT2D eigenvalue weighted by Crippen LogP contribution is 2.33. The fourth-order valence-corrected chi connectivity index (χ4v) is 2.45. The van der Waals surface area contributed by atoms with E-state index in [2.05, 4.69) is 20.4 Å². The van der Waals surface area contributed by atoms with Crippen LogP contribution in [0, 0.1) is 11.8 Å². The predicted molar refractivity (Wildman–Crippen MR) is 83.4 cm³/mol. The van der Waals surface area contributed by atoms with Crippen molar-refractivity contribution in [1.82, 2.24) is 0 Å². The molecule has 0 amide bonds. The Kier molecular flexibility index (Phi) is 7.26. The smallest absolute Gasteiger partial charge is 0.344 e. The third kappa shape index (κ3) is 6.04. The lowest BCUT2D eigenvalue weighted by atomic mass is 9.78. The van der Waals surface area contributed by atoms with Gasteiger partial charge in [0, 0.05) is 12.0 Å². The maximum absolute atomic E-state index is 11.9. The molecule has 0 aliphatic heterocycles. The van der Waals surface area contributed by atoms with Crippen LogP contribution >= 0.6 is 0 Å². The summed E-state index contributed by atoms with van der Waals surface area (Å²) in [6.07, 6.45) is 0.582. The number of ether oxygens (including phenoxy) is 3. The maximum atomic E-state index is 11.9. The molecule has 0 N–H and O–H groups in total. The number of rotatable bonds is 6. The Hall–Kier alpha value is -1.85. The van der Waals surface area contributed by atoms with Crippen molar-refractivity contribution >= 4 is 17.9 Å². The van der Waals surface area contributed by atoms with Crippen molar-refractivity contribution in [2.24, 2.45) is 11.8 Å². The van der Waals surface area contributed by atoms with E-state index in [1.807, 2.05) is 0 Å². The van der Waals surface area contributed by atoms with Crippen molar-refractivity contribution in [3.63, 3.8) is 0 Å². The highest BCUT2D eigenvalue weighted by molar-refractivity contribution is 5.88. The molecule has 0 aromatic heterocycles. The van der Waals surface area contributed by atoms with Crippen molar-refractivity contribution in [3.05, 3.63) is 12.2 Å². The van der Waals surface area contributed by atoms with E-state index in [1.54, 1.807) is 6.92 Å². The molecule has 0 radical (unpaired) electrons. The van der Waals surface area contributed by atoms with Gasteiger partial charge in [-0.25, -0.2) is 9.59 Å². The molecule has 0 spiro atoms. The molecule has 4 atom stereocenters. The van der Waals surface area contributed by atoms with E-state index < -0.39 is 30.8 Å². The summed E-state index contributed by atoms with van der Waals surface area (Å²) in [5, 5.41) is 0. The van der Waals surface area contributed by atoms with E-state index in [9.17, 15) is 14.4 Å². The highest BCUT2D eigenvalue weighted by atomic mass is 16.6. The van der Waals surface area contributed by atoms with Gasteiger partial charge in [-0.2, -0.15) is 0 Å². The molecule has 6 nitrogen and oxygen atoms in total. The molecule has 1 aliphatic rings. The van der Waals surface area contributed by atoms with Crippen LogP contribution in [0.25, 0.3) is 0 Å². The van der Waals surface area contributed by atoms with Gasteiger partial charge < -0.3 is 14.2 Å². The minimum absolute atomic E-state index is 0.215. The summed E-state index contributed by atoms with van der Waals surface area (Å²) >= 11 is 0. The number of carbonyl (C=O) groups is 3. The van der Waals surface area contributed by atoms with E-state index in [4.69, 9.17) is 14.2 Å². The zero-order valence-electron chi connectivity index (χ0n) is 14.3. The molecule has 1 fully saturated rings. The molecular formula is C17H26O6. The third-order valence-corrected chi connectivity index (χ3v) is 4.12. The predicted octanol–water partition coefficient (Wildman–Crippen LogP) is 2.41. The first-order valence-corrected chi connectivity index (χ1v) is 7.96. The number of carbonyl (C=O) groups excluding carboxylic acids is 3. The topological polar surface area (TPSA) is 78.9 Å². The first-order chi connectivity index (χ1) is 10.7. The second-order valence-electron chi connectivity index (χ2n) is 6.19. The van der Waals surface area contributed by atoms with Gasteiger partial charge in [-0.1, -0.05) is 27.4 Å². The van der Waals surface area contributed by atoms with Gasteiger partial charge in [0.2, 0.25) is 0 Å². The summed E-state index contributed by atoms with van der Waals surface area (Å²) in [4.78, 5) is 34.7. The van der Waals surface area contributed by atoms with Crippen LogP contribution in [0.15, 0.2) is 12.2 Å². The van der Waals surface area contributed by atoms with Crippen LogP contribution in [0.3, 0.4) is 0 Å². The standard InChI is InChI=1S/C17H26O6/c1-6-15(18)22-13-7-11(4)12(5)8-14(13)23-16(19)9-21-17(20)10(2)3/h11-14H,2,6-9H2,1,3-5H3/t11-,12?,13?,14?/m0/s1. The first kappa shape index (κ1) is 19.2. The van der Waals surface area contributed by atoms with Crippen molar-refractivity contribution in [1.29, 1.82) is 0 Å². The van der Waals surface area contributed by atoms with Gasteiger partial charge in [-0.05, 0) is 31.6 Å². The molecule has 0 heterocycles. The Morgan fingerprint density at radius 3 is 1.91 bits per heavy atom. The van der Waals surface area contributed by atoms with Crippen molar-refractivity contribution in [2.45, 2.75) is 59.2 Å². The average molecular weight is 326 g/mol. The van der Waals surface area contributed by atoms with Gasteiger partial charge in [0.25, 0.3) is 0 Å². The summed E-state index contributed by atoms with van der Waals surface area (Å²) in [5.74, 6) is -0.875. The largest absolute Gasteiger partial charge is 0.458 e. The van der Waals surface area contributed by atoms with Crippen molar-refractivity contribution in [2.75, 3.05) is 6.61 Å². The van der Waals surface area contributed by atoms with E-state index in [0.717, 1.165) is 0 Å². The van der Waals surface area contributed by atoms with E-state index in [-0.39, 0.29) is 18.0 Å². The lowest BCUT2D eigenvalue weighted by Crippen LogP contribution is -2.43. The first-order valence-electron chi connectivity index (χ1n) is 7.96. The number of hydrogen-bond donors (Lipinski definition) is 0. The Labute approximate surface area is 137 Å². The monoisotopic (exact) mass is 326 g/mol. The fourth-order valence-electron chi connectivity index (χ4n) is 2.45. The quantitative estimate of drug-likeness (QED) is 0.424. The second kappa shape index (κ2) is 8.70. The minimum Gasteiger partial charge on any atom is -0.458 e. The van der Waals surface area contributed by atoms with Crippen LogP contribution in [0.1, 0.15) is 47.0 Å². The van der Waals surface area contributed by atoms with Crippen LogP contribution in [-0.4, -0.2) is 36.7 Å². The third-order valence-electron chi connectivity index (χ3n) is 4.12. The molecule has 3 unspecified atom stereocenters. The molecule has 6 heteroatoms. The SMILES string of the molecule is C=C(C)C(=O)OCC(=O)OC1CC(C)[C@@H](C)CC1OC(=O)CC. The van der Waals surface area contributed by atoms with Crippen molar-refractivity contribution in [3.8, 4) is 0 Å². The van der Waals surface area contributed by atoms with Gasteiger partial charge in [0.05, 0.1) is 0 Å². The Bertz CT molecular complexity index is 470. The Morgan fingerprint density at radius 2 is 1.48 bits per heavy atom. The molecule has 23 heavy (non-hydrogen) atoms. The summed E-state index contributed by atoms with van der Waals surface area (Å²) < 4.78 is 15.5. The Morgan fingerprint density at radius 1 is 1.00 bits per heavy atom.